The van der Waals surface area contributed by atoms with Gasteiger partial charge >= 0.3 is 0 Å². The molecule has 27 heavy (non-hydrogen) atoms. The van der Waals surface area contributed by atoms with Gasteiger partial charge in [-0.05, 0) is 48.4 Å². The molecule has 144 valence electrons. The summed E-state index contributed by atoms with van der Waals surface area (Å²) < 4.78 is 32.9. The maximum Gasteiger partial charge on any atom is 0.265 e. The minimum Gasteiger partial charge on any atom is -0.480 e. The average Bonchev–Trinajstić information content (AvgIpc) is 3.05. The van der Waals surface area contributed by atoms with E-state index in [0.717, 1.165) is 18.4 Å². The van der Waals surface area contributed by atoms with Crippen LogP contribution in [0.25, 0.3) is 0 Å². The fourth-order valence-corrected chi connectivity index (χ4v) is 4.11. The van der Waals surface area contributed by atoms with Crippen molar-refractivity contribution in [2.24, 2.45) is 0 Å². The van der Waals surface area contributed by atoms with Crippen LogP contribution in [0.2, 0.25) is 5.02 Å². The molecule has 1 heterocycles. The van der Waals surface area contributed by atoms with Gasteiger partial charge in [-0.2, -0.15) is 0 Å². The van der Waals surface area contributed by atoms with Crippen LogP contribution in [0.3, 0.4) is 0 Å². The number of nitrogens with one attached hydrogen (secondary N) is 2. The van der Waals surface area contributed by atoms with Gasteiger partial charge in [0.2, 0.25) is 10.0 Å². The molecule has 1 amide bonds. The highest BCUT2D eigenvalue weighted by Crippen LogP contribution is 2.31. The van der Waals surface area contributed by atoms with E-state index in [9.17, 15) is 13.2 Å². The zero-order valence-corrected chi connectivity index (χ0v) is 16.4. The Kier molecular flexibility index (Phi) is 6.04. The molecule has 0 saturated heterocycles. The number of anilines is 1. The van der Waals surface area contributed by atoms with Crippen LogP contribution >= 0.6 is 11.6 Å². The summed E-state index contributed by atoms with van der Waals surface area (Å²) in [7, 11) is -3.61. The quantitative estimate of drug-likeness (QED) is 0.688. The summed E-state index contributed by atoms with van der Waals surface area (Å²) >= 11 is 5.97. The minimum absolute atomic E-state index is 0.110. The molecule has 0 fully saturated rings. The van der Waals surface area contributed by atoms with Crippen molar-refractivity contribution in [2.45, 2.75) is 37.2 Å². The zero-order chi connectivity index (χ0) is 19.4. The lowest BCUT2D eigenvalue weighted by Gasteiger charge is -2.12. The van der Waals surface area contributed by atoms with Gasteiger partial charge in [-0.3, -0.25) is 4.79 Å². The lowest BCUT2D eigenvalue weighted by atomic mass is 10.1. The largest absolute Gasteiger partial charge is 0.480 e. The van der Waals surface area contributed by atoms with Crippen molar-refractivity contribution >= 4 is 33.2 Å². The van der Waals surface area contributed by atoms with Gasteiger partial charge in [0.05, 0.1) is 4.90 Å². The third-order valence-electron chi connectivity index (χ3n) is 4.22. The van der Waals surface area contributed by atoms with Gasteiger partial charge in [-0.15, -0.1) is 0 Å². The van der Waals surface area contributed by atoms with E-state index in [4.69, 9.17) is 16.3 Å². The molecule has 6 nitrogen and oxygen atoms in total. The number of unbranched alkanes of at least 4 members (excludes halogenated alkanes) is 1. The van der Waals surface area contributed by atoms with E-state index >= 15 is 0 Å². The highest BCUT2D eigenvalue weighted by molar-refractivity contribution is 7.89. The van der Waals surface area contributed by atoms with Crippen LogP contribution in [0.15, 0.2) is 47.4 Å². The lowest BCUT2D eigenvalue weighted by Crippen LogP contribution is -2.31. The Morgan fingerprint density at radius 2 is 2.07 bits per heavy atom. The smallest absolute Gasteiger partial charge is 0.265 e. The molecule has 0 unspecified atom stereocenters. The first kappa shape index (κ1) is 19.7. The van der Waals surface area contributed by atoms with E-state index in [-0.39, 0.29) is 10.8 Å². The van der Waals surface area contributed by atoms with E-state index in [0.29, 0.717) is 29.4 Å². The number of hydrogen-bond acceptors (Lipinski definition) is 4. The van der Waals surface area contributed by atoms with Gasteiger partial charge in [0, 0.05) is 23.7 Å². The molecule has 0 aliphatic carbocycles. The highest BCUT2D eigenvalue weighted by Gasteiger charge is 2.29. The summed E-state index contributed by atoms with van der Waals surface area (Å²) in [5, 5.41) is 3.31. The summed E-state index contributed by atoms with van der Waals surface area (Å²) in [5.74, 6) is 0.298. The van der Waals surface area contributed by atoms with E-state index in [1.54, 1.807) is 30.3 Å². The first-order valence-electron chi connectivity index (χ1n) is 8.75. The Labute approximate surface area is 163 Å². The molecule has 1 atom stereocenters. The minimum atomic E-state index is -3.61. The third kappa shape index (κ3) is 4.80. The van der Waals surface area contributed by atoms with Gasteiger partial charge in [-0.1, -0.05) is 31.0 Å². The molecule has 2 aromatic rings. The number of carbonyl (C=O) groups excluding carboxylic acids is 1. The number of hydrogen-bond donors (Lipinski definition) is 2. The summed E-state index contributed by atoms with van der Waals surface area (Å²) in [5.41, 5.74) is 1.27. The molecule has 0 bridgehead atoms. The predicted octanol–water partition coefficient (Wildman–Crippen LogP) is 3.36. The van der Waals surface area contributed by atoms with Crippen LogP contribution in [0.4, 0.5) is 5.69 Å². The molecule has 1 aliphatic heterocycles. The molecule has 0 radical (unpaired) electrons. The van der Waals surface area contributed by atoms with E-state index in [1.807, 2.05) is 6.92 Å². The summed E-state index contributed by atoms with van der Waals surface area (Å²) in [4.78, 5) is 12.6. The number of carbonyl (C=O) groups is 1. The van der Waals surface area contributed by atoms with Gasteiger partial charge in [0.1, 0.15) is 5.75 Å². The Hall–Kier alpha value is -2.09. The average molecular weight is 409 g/mol. The van der Waals surface area contributed by atoms with Crippen molar-refractivity contribution in [1.82, 2.24) is 4.72 Å². The highest BCUT2D eigenvalue weighted by atomic mass is 35.5. The second-order valence-electron chi connectivity index (χ2n) is 6.33. The Morgan fingerprint density at radius 3 is 2.85 bits per heavy atom. The van der Waals surface area contributed by atoms with Gasteiger partial charge in [-0.25, -0.2) is 13.1 Å². The molecule has 3 rings (SSSR count). The maximum atomic E-state index is 12.5. The van der Waals surface area contributed by atoms with Crippen LogP contribution < -0.4 is 14.8 Å². The molecule has 8 heteroatoms. The van der Waals surface area contributed by atoms with Crippen molar-refractivity contribution in [3.63, 3.8) is 0 Å². The van der Waals surface area contributed by atoms with Crippen molar-refractivity contribution in [1.29, 1.82) is 0 Å². The van der Waals surface area contributed by atoms with E-state index in [1.165, 1.54) is 12.1 Å². The fourth-order valence-electron chi connectivity index (χ4n) is 2.79. The molecule has 2 N–H and O–H groups in total. The van der Waals surface area contributed by atoms with Crippen LogP contribution in [0, 0.1) is 0 Å². The van der Waals surface area contributed by atoms with Gasteiger partial charge < -0.3 is 10.1 Å². The number of sulfonamides is 1. The summed E-state index contributed by atoms with van der Waals surface area (Å²) in [6.07, 6.45) is 1.40. The number of halogens is 1. The molecule has 1 aliphatic rings. The second kappa shape index (κ2) is 8.29. The fraction of sp³-hybridized carbons (Fsp3) is 0.316. The van der Waals surface area contributed by atoms with Crippen LogP contribution in [0.5, 0.6) is 5.75 Å². The molecule has 0 saturated carbocycles. The Morgan fingerprint density at radius 1 is 1.26 bits per heavy atom. The zero-order valence-electron chi connectivity index (χ0n) is 14.9. The second-order valence-corrected chi connectivity index (χ2v) is 8.53. The van der Waals surface area contributed by atoms with Crippen molar-refractivity contribution in [2.75, 3.05) is 11.9 Å². The maximum absolute atomic E-state index is 12.5. The number of fused-ring (bicyclic) bond motifs is 1. The van der Waals surface area contributed by atoms with Crippen molar-refractivity contribution in [3.8, 4) is 5.75 Å². The topological polar surface area (TPSA) is 84.5 Å². The van der Waals surface area contributed by atoms with Crippen molar-refractivity contribution in [3.05, 3.63) is 53.1 Å². The summed E-state index contributed by atoms with van der Waals surface area (Å²) in [6.45, 7) is 2.37. The molecule has 2 aromatic carbocycles. The monoisotopic (exact) mass is 408 g/mol. The number of ether oxygens (including phenoxy) is 1. The van der Waals surface area contributed by atoms with Crippen LogP contribution in [0.1, 0.15) is 25.3 Å². The van der Waals surface area contributed by atoms with E-state index in [2.05, 4.69) is 10.0 Å². The van der Waals surface area contributed by atoms with Crippen molar-refractivity contribution < 1.29 is 17.9 Å². The Bertz CT molecular complexity index is 946. The first-order chi connectivity index (χ1) is 12.9. The number of benzene rings is 2. The number of amides is 1. The third-order valence-corrected chi connectivity index (χ3v) is 5.92. The standard InChI is InChI=1S/C19H21ClN2O4S/c1-2-3-9-21-27(24,25)16-6-4-5-15(12-16)22-19(23)18-11-13-10-14(20)7-8-17(13)26-18/h4-8,10,12,18,21H,2-3,9,11H2,1H3,(H,22,23)/t18-/m0/s1. The van der Waals surface area contributed by atoms with Gasteiger partial charge in [0.15, 0.2) is 6.10 Å². The number of rotatable bonds is 7. The van der Waals surface area contributed by atoms with Crippen LogP contribution in [-0.2, 0) is 21.2 Å². The summed E-state index contributed by atoms with van der Waals surface area (Å²) in [6, 6.07) is 11.4. The lowest BCUT2D eigenvalue weighted by molar-refractivity contribution is -0.122. The van der Waals surface area contributed by atoms with Crippen LogP contribution in [-0.4, -0.2) is 27.0 Å². The first-order valence-corrected chi connectivity index (χ1v) is 10.6. The normalized spacial score (nSPS) is 15.9. The Balaban J connectivity index is 1.67. The van der Waals surface area contributed by atoms with E-state index < -0.39 is 16.1 Å². The van der Waals surface area contributed by atoms with Gasteiger partial charge in [0.25, 0.3) is 5.91 Å². The molecule has 0 spiro atoms. The SMILES string of the molecule is CCCCNS(=O)(=O)c1cccc(NC(=O)[C@@H]2Cc3cc(Cl)ccc3O2)c1. The molecule has 0 aromatic heterocycles. The predicted molar refractivity (Wildman–Crippen MR) is 105 cm³/mol. The molecular weight excluding hydrogens is 388 g/mol. The molecular formula is C19H21ClN2O4S.